The Morgan fingerprint density at radius 3 is 2.44 bits per heavy atom. The number of non-ortho nitro benzene ring substituents is 1. The van der Waals surface area contributed by atoms with Crippen LogP contribution in [0.15, 0.2) is 53.4 Å². The average Bonchev–Trinajstić information content (AvgIpc) is 2.59. The predicted molar refractivity (Wildman–Crippen MR) is 92.1 cm³/mol. The maximum atomic E-state index is 12.0. The molecule has 2 aromatic rings. The van der Waals surface area contributed by atoms with Crippen LogP contribution in [-0.4, -0.2) is 27.1 Å². The Kier molecular flexibility index (Phi) is 5.96. The van der Waals surface area contributed by atoms with E-state index in [-0.39, 0.29) is 17.0 Å². The minimum Gasteiger partial charge on any atom is -0.508 e. The van der Waals surface area contributed by atoms with Crippen molar-refractivity contribution in [2.75, 3.05) is 0 Å². The van der Waals surface area contributed by atoms with Gasteiger partial charge < -0.3 is 5.11 Å². The van der Waals surface area contributed by atoms with Crippen LogP contribution in [0.1, 0.15) is 17.3 Å². The average molecular weight is 361 g/mol. The number of aromatic hydroxyl groups is 1. The number of nitro benzene ring substituents is 1. The number of hydrazine groups is 1. The molecule has 0 fully saturated rings. The Labute approximate surface area is 147 Å². The highest BCUT2D eigenvalue weighted by atomic mass is 32.2. The summed E-state index contributed by atoms with van der Waals surface area (Å²) < 4.78 is 0. The number of rotatable bonds is 5. The summed E-state index contributed by atoms with van der Waals surface area (Å²) in [5.41, 5.74) is 4.74. The zero-order valence-electron chi connectivity index (χ0n) is 13.1. The van der Waals surface area contributed by atoms with Crippen LogP contribution < -0.4 is 10.9 Å². The van der Waals surface area contributed by atoms with E-state index < -0.39 is 22.0 Å². The van der Waals surface area contributed by atoms with E-state index in [0.29, 0.717) is 4.90 Å². The molecule has 0 aliphatic carbocycles. The van der Waals surface area contributed by atoms with Crippen molar-refractivity contribution < 1.29 is 19.6 Å². The first kappa shape index (κ1) is 18.3. The molecule has 0 saturated carbocycles. The van der Waals surface area contributed by atoms with Crippen molar-refractivity contribution in [3.8, 4) is 5.75 Å². The van der Waals surface area contributed by atoms with Gasteiger partial charge in [-0.1, -0.05) is 6.07 Å². The third-order valence-corrected chi connectivity index (χ3v) is 4.25. The van der Waals surface area contributed by atoms with Crippen molar-refractivity contribution >= 4 is 29.3 Å². The highest BCUT2D eigenvalue weighted by molar-refractivity contribution is 8.00. The molecule has 2 rings (SSSR count). The number of hydrogen-bond acceptors (Lipinski definition) is 6. The second-order valence-electron chi connectivity index (χ2n) is 5.00. The van der Waals surface area contributed by atoms with Gasteiger partial charge in [0.1, 0.15) is 5.75 Å². The third kappa shape index (κ3) is 5.21. The van der Waals surface area contributed by atoms with Crippen LogP contribution in [-0.2, 0) is 4.79 Å². The molecular weight excluding hydrogens is 346 g/mol. The summed E-state index contributed by atoms with van der Waals surface area (Å²) in [6.07, 6.45) is 0. The zero-order valence-corrected chi connectivity index (χ0v) is 13.9. The first-order chi connectivity index (χ1) is 11.9. The number of benzene rings is 2. The number of carbonyl (C=O) groups excluding carboxylic acids is 2. The van der Waals surface area contributed by atoms with Gasteiger partial charge in [0.2, 0.25) is 0 Å². The predicted octanol–water partition coefficient (Wildman–Crippen LogP) is 2.24. The van der Waals surface area contributed by atoms with Crippen LogP contribution in [0.2, 0.25) is 0 Å². The minimum atomic E-state index is -0.559. The van der Waals surface area contributed by atoms with Gasteiger partial charge in [0.15, 0.2) is 0 Å². The first-order valence-electron chi connectivity index (χ1n) is 7.17. The second kappa shape index (κ2) is 8.15. The summed E-state index contributed by atoms with van der Waals surface area (Å²) in [6.45, 7) is 1.64. The molecule has 25 heavy (non-hydrogen) atoms. The number of nitrogens with one attached hydrogen (secondary N) is 2. The lowest BCUT2D eigenvalue weighted by Gasteiger charge is -2.12. The van der Waals surface area contributed by atoms with E-state index in [1.807, 2.05) is 0 Å². The monoisotopic (exact) mass is 361 g/mol. The second-order valence-corrected chi connectivity index (χ2v) is 6.42. The summed E-state index contributed by atoms with van der Waals surface area (Å²) in [6, 6.07) is 11.5. The minimum absolute atomic E-state index is 0.0279. The Morgan fingerprint density at radius 2 is 1.84 bits per heavy atom. The highest BCUT2D eigenvalue weighted by Gasteiger charge is 2.16. The number of nitrogens with zero attached hydrogens (tertiary/aromatic N) is 1. The molecule has 0 heterocycles. The number of carbonyl (C=O) groups is 2. The number of hydrogen-bond donors (Lipinski definition) is 3. The van der Waals surface area contributed by atoms with Crippen molar-refractivity contribution in [3.63, 3.8) is 0 Å². The van der Waals surface area contributed by atoms with Gasteiger partial charge in [-0.25, -0.2) is 0 Å². The number of phenols is 1. The molecule has 0 aliphatic heterocycles. The number of thioether (sulfide) groups is 1. The largest absolute Gasteiger partial charge is 0.508 e. The van der Waals surface area contributed by atoms with Crippen LogP contribution in [0, 0.1) is 10.1 Å². The molecule has 1 unspecified atom stereocenters. The lowest BCUT2D eigenvalue weighted by Crippen LogP contribution is -2.44. The van der Waals surface area contributed by atoms with Crippen molar-refractivity contribution in [1.29, 1.82) is 0 Å². The van der Waals surface area contributed by atoms with E-state index in [1.165, 1.54) is 48.2 Å². The van der Waals surface area contributed by atoms with E-state index >= 15 is 0 Å². The lowest BCUT2D eigenvalue weighted by atomic mass is 10.2. The van der Waals surface area contributed by atoms with E-state index in [1.54, 1.807) is 19.1 Å². The van der Waals surface area contributed by atoms with Crippen LogP contribution >= 0.6 is 11.8 Å². The molecule has 130 valence electrons. The van der Waals surface area contributed by atoms with Gasteiger partial charge in [0, 0.05) is 22.6 Å². The molecule has 0 aromatic heterocycles. The van der Waals surface area contributed by atoms with E-state index in [4.69, 9.17) is 0 Å². The maximum Gasteiger partial charge on any atom is 0.269 e. The summed E-state index contributed by atoms with van der Waals surface area (Å²) in [5.74, 6) is -1.05. The number of phenolic OH excluding ortho intramolecular Hbond substituents is 1. The van der Waals surface area contributed by atoms with Crippen molar-refractivity contribution in [1.82, 2.24) is 10.9 Å². The maximum absolute atomic E-state index is 12.0. The van der Waals surface area contributed by atoms with Gasteiger partial charge in [-0.3, -0.25) is 30.6 Å². The normalized spacial score (nSPS) is 11.4. The van der Waals surface area contributed by atoms with Gasteiger partial charge in [-0.05, 0) is 37.3 Å². The molecule has 0 aliphatic rings. The van der Waals surface area contributed by atoms with Crippen LogP contribution in [0.4, 0.5) is 5.69 Å². The molecule has 0 bridgehead atoms. The van der Waals surface area contributed by atoms with Crippen molar-refractivity contribution in [2.45, 2.75) is 17.1 Å². The summed E-state index contributed by atoms with van der Waals surface area (Å²) in [5, 5.41) is 19.4. The van der Waals surface area contributed by atoms with Crippen molar-refractivity contribution in [2.24, 2.45) is 0 Å². The van der Waals surface area contributed by atoms with Gasteiger partial charge >= 0.3 is 0 Å². The van der Waals surface area contributed by atoms with Crippen LogP contribution in [0.3, 0.4) is 0 Å². The Morgan fingerprint density at radius 1 is 1.16 bits per heavy atom. The number of nitro groups is 1. The number of amides is 2. The van der Waals surface area contributed by atoms with E-state index in [9.17, 15) is 24.8 Å². The highest BCUT2D eigenvalue weighted by Crippen LogP contribution is 2.25. The molecule has 0 spiro atoms. The first-order valence-corrected chi connectivity index (χ1v) is 8.05. The molecular formula is C16H15N3O5S. The zero-order chi connectivity index (χ0) is 18.4. The summed E-state index contributed by atoms with van der Waals surface area (Å²) >= 11 is 1.20. The van der Waals surface area contributed by atoms with E-state index in [0.717, 1.165) is 0 Å². The fraction of sp³-hybridized carbons (Fsp3) is 0.125. The molecule has 3 N–H and O–H groups in total. The Balaban J connectivity index is 1.87. The molecule has 2 amide bonds. The van der Waals surface area contributed by atoms with Crippen LogP contribution in [0.25, 0.3) is 0 Å². The Bertz CT molecular complexity index is 795. The fourth-order valence-electron chi connectivity index (χ4n) is 1.84. The topological polar surface area (TPSA) is 122 Å². The fourth-order valence-corrected chi connectivity index (χ4v) is 2.71. The smallest absolute Gasteiger partial charge is 0.269 e. The molecule has 8 nitrogen and oxygen atoms in total. The SMILES string of the molecule is CC(Sc1ccc([N+](=O)[O-])cc1)C(=O)NNC(=O)c1cccc(O)c1. The van der Waals surface area contributed by atoms with Crippen molar-refractivity contribution in [3.05, 3.63) is 64.2 Å². The van der Waals surface area contributed by atoms with Gasteiger partial charge in [0.25, 0.3) is 17.5 Å². The van der Waals surface area contributed by atoms with Gasteiger partial charge in [-0.15, -0.1) is 11.8 Å². The molecule has 0 saturated heterocycles. The molecule has 2 aromatic carbocycles. The van der Waals surface area contributed by atoms with Gasteiger partial charge in [0.05, 0.1) is 10.2 Å². The summed E-state index contributed by atoms with van der Waals surface area (Å²) in [7, 11) is 0. The lowest BCUT2D eigenvalue weighted by molar-refractivity contribution is -0.384. The summed E-state index contributed by atoms with van der Waals surface area (Å²) in [4.78, 5) is 34.7. The quantitative estimate of drug-likeness (QED) is 0.426. The van der Waals surface area contributed by atoms with E-state index in [2.05, 4.69) is 10.9 Å². The van der Waals surface area contributed by atoms with Crippen LogP contribution in [0.5, 0.6) is 5.75 Å². The standard InChI is InChI=1S/C16H15N3O5S/c1-10(25-14-7-5-12(6-8-14)19(23)24)15(21)17-18-16(22)11-3-2-4-13(20)9-11/h2-10,20H,1H3,(H,17,21)(H,18,22). The molecule has 1 atom stereocenters. The third-order valence-electron chi connectivity index (χ3n) is 3.14. The Hall–Kier alpha value is -3.07. The molecule has 0 radical (unpaired) electrons. The van der Waals surface area contributed by atoms with Gasteiger partial charge in [-0.2, -0.15) is 0 Å². The molecule has 9 heteroatoms.